The third-order valence-electron chi connectivity index (χ3n) is 3.82. The van der Waals surface area contributed by atoms with E-state index in [0.29, 0.717) is 0 Å². The summed E-state index contributed by atoms with van der Waals surface area (Å²) >= 11 is 5.42. The predicted molar refractivity (Wildman–Crippen MR) is 73.1 cm³/mol. The molecule has 2 aromatic heterocycles. The van der Waals surface area contributed by atoms with Crippen molar-refractivity contribution >= 4 is 23.3 Å². The maximum absolute atomic E-state index is 5.45. The molecule has 0 amide bonds. The van der Waals surface area contributed by atoms with Gasteiger partial charge in [0, 0.05) is 26.0 Å². The molecule has 3 heterocycles. The molecule has 0 saturated carbocycles. The Morgan fingerprint density at radius 2 is 2.28 bits per heavy atom. The summed E-state index contributed by atoms with van der Waals surface area (Å²) in [5.41, 5.74) is 2.43. The molecule has 18 heavy (non-hydrogen) atoms. The van der Waals surface area contributed by atoms with E-state index in [0.717, 1.165) is 48.4 Å². The first-order chi connectivity index (χ1) is 8.68. The average molecular weight is 263 g/mol. The molecule has 0 spiro atoms. The van der Waals surface area contributed by atoms with Crippen LogP contribution < -0.4 is 0 Å². The summed E-state index contributed by atoms with van der Waals surface area (Å²) < 4.78 is 8.42. The third kappa shape index (κ3) is 2.08. The number of fused-ring (bicyclic) bond motifs is 1. The van der Waals surface area contributed by atoms with Gasteiger partial charge in [-0.05, 0) is 36.5 Å². The first kappa shape index (κ1) is 11.9. The summed E-state index contributed by atoms with van der Waals surface area (Å²) in [5.74, 6) is 0. The minimum atomic E-state index is 0.273. The first-order valence-corrected chi connectivity index (χ1v) is 6.69. The number of nitrogens with one attached hydrogen (secondary N) is 1. The Balaban J connectivity index is 1.99. The van der Waals surface area contributed by atoms with E-state index in [4.69, 9.17) is 17.0 Å². The molecular formula is C13H17N3OS. The highest BCUT2D eigenvalue weighted by Crippen LogP contribution is 2.32. The van der Waals surface area contributed by atoms with Gasteiger partial charge in [-0.3, -0.25) is 4.98 Å². The fraction of sp³-hybridized carbons (Fsp3) is 0.538. The molecule has 1 aliphatic heterocycles. The predicted octanol–water partition coefficient (Wildman–Crippen LogP) is 2.91. The number of ether oxygens (including phenoxy) is 1. The largest absolute Gasteiger partial charge is 0.381 e. The van der Waals surface area contributed by atoms with Gasteiger partial charge in [-0.2, -0.15) is 0 Å². The van der Waals surface area contributed by atoms with Crippen molar-refractivity contribution < 1.29 is 4.74 Å². The molecule has 0 atom stereocenters. The molecule has 2 aromatic rings. The number of rotatable bonds is 2. The van der Waals surface area contributed by atoms with Crippen molar-refractivity contribution in [3.8, 4) is 0 Å². The smallest absolute Gasteiger partial charge is 0.178 e. The fourth-order valence-corrected chi connectivity index (χ4v) is 2.84. The van der Waals surface area contributed by atoms with E-state index in [9.17, 15) is 0 Å². The van der Waals surface area contributed by atoms with Gasteiger partial charge < -0.3 is 14.3 Å². The van der Waals surface area contributed by atoms with Crippen LogP contribution in [0.15, 0.2) is 18.5 Å². The Morgan fingerprint density at radius 1 is 1.50 bits per heavy atom. The van der Waals surface area contributed by atoms with Gasteiger partial charge in [0.1, 0.15) is 0 Å². The number of nitrogens with zero attached hydrogens (tertiary/aromatic N) is 2. The number of hydrogen-bond donors (Lipinski definition) is 1. The number of imidazole rings is 1. The standard InChI is InChI=1S/C13H17N3OS/c1-13(3-6-17-7-4-13)9-16-11-2-5-14-8-10(11)15-12(16)18/h2,5,8H,3-4,6-7,9H2,1H3,(H,15,18). The molecule has 0 aromatic carbocycles. The molecule has 1 N–H and O–H groups in total. The van der Waals surface area contributed by atoms with Gasteiger partial charge >= 0.3 is 0 Å². The summed E-state index contributed by atoms with van der Waals surface area (Å²) in [7, 11) is 0. The van der Waals surface area contributed by atoms with Crippen LogP contribution >= 0.6 is 12.2 Å². The molecule has 0 bridgehead atoms. The quantitative estimate of drug-likeness (QED) is 0.847. The second-order valence-electron chi connectivity index (χ2n) is 5.33. The van der Waals surface area contributed by atoms with Crippen molar-refractivity contribution in [2.45, 2.75) is 26.3 Å². The number of pyridine rings is 1. The van der Waals surface area contributed by atoms with Crippen LogP contribution in [0.3, 0.4) is 0 Å². The highest BCUT2D eigenvalue weighted by atomic mass is 32.1. The van der Waals surface area contributed by atoms with Crippen LogP contribution in [0, 0.1) is 10.2 Å². The molecule has 5 heteroatoms. The molecule has 3 rings (SSSR count). The molecule has 0 radical (unpaired) electrons. The Kier molecular flexibility index (Phi) is 2.95. The van der Waals surface area contributed by atoms with Crippen LogP contribution in [0.5, 0.6) is 0 Å². The van der Waals surface area contributed by atoms with E-state index in [1.807, 2.05) is 18.5 Å². The van der Waals surface area contributed by atoms with E-state index < -0.39 is 0 Å². The monoisotopic (exact) mass is 263 g/mol. The minimum absolute atomic E-state index is 0.273. The van der Waals surface area contributed by atoms with E-state index in [1.54, 1.807) is 0 Å². The van der Waals surface area contributed by atoms with E-state index in [2.05, 4.69) is 21.5 Å². The second kappa shape index (κ2) is 4.48. The zero-order valence-corrected chi connectivity index (χ0v) is 11.3. The van der Waals surface area contributed by atoms with E-state index in [-0.39, 0.29) is 5.41 Å². The molecule has 96 valence electrons. The van der Waals surface area contributed by atoms with Gasteiger partial charge in [0.05, 0.1) is 17.2 Å². The summed E-state index contributed by atoms with van der Waals surface area (Å²) in [6.45, 7) is 4.97. The zero-order valence-electron chi connectivity index (χ0n) is 10.5. The van der Waals surface area contributed by atoms with Crippen molar-refractivity contribution in [3.63, 3.8) is 0 Å². The van der Waals surface area contributed by atoms with Crippen LogP contribution in [-0.4, -0.2) is 27.7 Å². The third-order valence-corrected chi connectivity index (χ3v) is 4.14. The Bertz CT molecular complexity index is 610. The van der Waals surface area contributed by atoms with E-state index >= 15 is 0 Å². The summed E-state index contributed by atoms with van der Waals surface area (Å²) in [4.78, 5) is 7.34. The van der Waals surface area contributed by atoms with Gasteiger partial charge in [-0.25, -0.2) is 0 Å². The highest BCUT2D eigenvalue weighted by Gasteiger charge is 2.28. The lowest BCUT2D eigenvalue weighted by atomic mass is 9.82. The van der Waals surface area contributed by atoms with Gasteiger partial charge in [0.15, 0.2) is 4.77 Å². The lowest BCUT2D eigenvalue weighted by molar-refractivity contribution is 0.0158. The van der Waals surface area contributed by atoms with Crippen LogP contribution in [0.4, 0.5) is 0 Å². The average Bonchev–Trinajstić information content (AvgIpc) is 2.67. The zero-order chi connectivity index (χ0) is 12.6. The summed E-state index contributed by atoms with van der Waals surface area (Å²) in [6.07, 6.45) is 5.82. The molecule has 4 nitrogen and oxygen atoms in total. The van der Waals surface area contributed by atoms with E-state index in [1.165, 1.54) is 0 Å². The minimum Gasteiger partial charge on any atom is -0.381 e. The van der Waals surface area contributed by atoms with Gasteiger partial charge in [0.2, 0.25) is 0 Å². The molecule has 1 saturated heterocycles. The molecule has 1 fully saturated rings. The van der Waals surface area contributed by atoms with Crippen LogP contribution in [0.2, 0.25) is 0 Å². The normalized spacial score (nSPS) is 19.2. The Hall–Kier alpha value is -1.20. The molecule has 0 aliphatic carbocycles. The summed E-state index contributed by atoms with van der Waals surface area (Å²) in [6, 6.07) is 2.02. The van der Waals surface area contributed by atoms with Crippen molar-refractivity contribution in [1.29, 1.82) is 0 Å². The lowest BCUT2D eigenvalue weighted by Crippen LogP contribution is -2.31. The molecular weight excluding hydrogens is 246 g/mol. The maximum atomic E-state index is 5.45. The fourth-order valence-electron chi connectivity index (χ4n) is 2.57. The molecule has 1 aliphatic rings. The van der Waals surface area contributed by atoms with Crippen LogP contribution in [0.1, 0.15) is 19.8 Å². The molecule has 0 unspecified atom stereocenters. The van der Waals surface area contributed by atoms with Crippen molar-refractivity contribution in [1.82, 2.24) is 14.5 Å². The van der Waals surface area contributed by atoms with Gasteiger partial charge in [-0.1, -0.05) is 6.92 Å². The first-order valence-electron chi connectivity index (χ1n) is 6.28. The van der Waals surface area contributed by atoms with Crippen LogP contribution in [0.25, 0.3) is 11.0 Å². The highest BCUT2D eigenvalue weighted by molar-refractivity contribution is 7.71. The Morgan fingerprint density at radius 3 is 3.06 bits per heavy atom. The van der Waals surface area contributed by atoms with Crippen LogP contribution in [-0.2, 0) is 11.3 Å². The summed E-state index contributed by atoms with van der Waals surface area (Å²) in [5, 5.41) is 0. The lowest BCUT2D eigenvalue weighted by Gasteiger charge is -2.33. The topological polar surface area (TPSA) is 42.8 Å². The van der Waals surface area contributed by atoms with Gasteiger partial charge in [0.25, 0.3) is 0 Å². The van der Waals surface area contributed by atoms with Crippen molar-refractivity contribution in [2.75, 3.05) is 13.2 Å². The number of H-pyrrole nitrogens is 1. The number of aromatic amines is 1. The van der Waals surface area contributed by atoms with Crippen molar-refractivity contribution in [3.05, 3.63) is 23.2 Å². The second-order valence-corrected chi connectivity index (χ2v) is 5.72. The number of hydrogen-bond acceptors (Lipinski definition) is 3. The number of aromatic nitrogens is 3. The maximum Gasteiger partial charge on any atom is 0.178 e. The Labute approximate surface area is 111 Å². The van der Waals surface area contributed by atoms with Gasteiger partial charge in [-0.15, -0.1) is 0 Å². The SMILES string of the molecule is CC1(Cn2c(=S)[nH]c3cnccc32)CCOCC1. The van der Waals surface area contributed by atoms with Crippen molar-refractivity contribution in [2.24, 2.45) is 5.41 Å².